The first-order chi connectivity index (χ1) is 7.72. The molecule has 1 rings (SSSR count). The Labute approximate surface area is 102 Å². The molecule has 1 aromatic carbocycles. The third kappa shape index (κ3) is 5.42. The van der Waals surface area contributed by atoms with Gasteiger partial charge in [0, 0.05) is 29.0 Å². The summed E-state index contributed by atoms with van der Waals surface area (Å²) in [5.41, 5.74) is 1.16. The topological polar surface area (TPSA) is 32.3 Å². The fraction of sp³-hybridized carbons (Fsp3) is 0.538. The van der Waals surface area contributed by atoms with Crippen LogP contribution in [0.4, 0.5) is 5.69 Å². The third-order valence-corrected chi connectivity index (χ3v) is 3.16. The molecule has 0 aromatic heterocycles. The number of unbranched alkanes of at least 4 members (excludes halogenated alkanes) is 1. The van der Waals surface area contributed by atoms with Crippen LogP contribution in [0.25, 0.3) is 0 Å². The molecule has 2 nitrogen and oxygen atoms in total. The Morgan fingerprint density at radius 2 is 1.88 bits per heavy atom. The van der Waals surface area contributed by atoms with E-state index in [9.17, 15) is 0 Å². The summed E-state index contributed by atoms with van der Waals surface area (Å²) in [6.07, 6.45) is 1.88. The summed E-state index contributed by atoms with van der Waals surface area (Å²) in [6, 6.07) is 8.53. The van der Waals surface area contributed by atoms with Crippen molar-refractivity contribution in [1.82, 2.24) is 0 Å². The smallest absolute Gasteiger partial charge is 0.0431 e. The van der Waals surface area contributed by atoms with Crippen molar-refractivity contribution in [3.63, 3.8) is 0 Å². The Bertz CT molecular complexity index is 284. The van der Waals surface area contributed by atoms with Crippen LogP contribution in [0.5, 0.6) is 0 Å². The van der Waals surface area contributed by atoms with Gasteiger partial charge in [0.15, 0.2) is 0 Å². The Morgan fingerprint density at radius 1 is 1.19 bits per heavy atom. The third-order valence-electron chi connectivity index (χ3n) is 2.14. The summed E-state index contributed by atoms with van der Waals surface area (Å²) >= 11 is 1.88. The van der Waals surface area contributed by atoms with Gasteiger partial charge in [-0.2, -0.15) is 0 Å². The highest BCUT2D eigenvalue weighted by Crippen LogP contribution is 2.24. The average molecular weight is 239 g/mol. The van der Waals surface area contributed by atoms with Crippen LogP contribution in [0, 0.1) is 0 Å². The number of benzene rings is 1. The molecule has 0 bridgehead atoms. The molecule has 16 heavy (non-hydrogen) atoms. The first-order valence-corrected chi connectivity index (χ1v) is 6.72. The summed E-state index contributed by atoms with van der Waals surface area (Å²) in [6.45, 7) is 5.61. The minimum Gasteiger partial charge on any atom is -0.396 e. The second-order valence-corrected chi connectivity index (χ2v) is 5.70. The van der Waals surface area contributed by atoms with Gasteiger partial charge in [0.1, 0.15) is 0 Å². The lowest BCUT2D eigenvalue weighted by atomic mass is 10.3. The van der Waals surface area contributed by atoms with Crippen molar-refractivity contribution in [2.24, 2.45) is 0 Å². The number of anilines is 1. The molecule has 0 atom stereocenters. The fourth-order valence-corrected chi connectivity index (χ4v) is 2.23. The number of rotatable bonds is 7. The van der Waals surface area contributed by atoms with Gasteiger partial charge in [0.25, 0.3) is 0 Å². The van der Waals surface area contributed by atoms with Gasteiger partial charge in [-0.3, -0.25) is 0 Å². The van der Waals surface area contributed by atoms with Crippen LogP contribution in [0.2, 0.25) is 0 Å². The molecular formula is C13H21NOS. The molecule has 3 heteroatoms. The highest BCUT2D eigenvalue weighted by molar-refractivity contribution is 7.99. The minimum absolute atomic E-state index is 0.283. The van der Waals surface area contributed by atoms with E-state index in [4.69, 9.17) is 5.11 Å². The normalized spacial score (nSPS) is 10.8. The monoisotopic (exact) mass is 239 g/mol. The van der Waals surface area contributed by atoms with Crippen molar-refractivity contribution < 1.29 is 5.11 Å². The summed E-state index contributed by atoms with van der Waals surface area (Å²) in [7, 11) is 0. The lowest BCUT2D eigenvalue weighted by Crippen LogP contribution is -2.02. The summed E-state index contributed by atoms with van der Waals surface area (Å²) in [5.74, 6) is 0. The lowest BCUT2D eigenvalue weighted by Gasteiger charge is -2.08. The summed E-state index contributed by atoms with van der Waals surface area (Å²) in [4.78, 5) is 1.32. The number of thioether (sulfide) groups is 1. The zero-order chi connectivity index (χ0) is 11.8. The van der Waals surface area contributed by atoms with Gasteiger partial charge >= 0.3 is 0 Å². The molecule has 0 radical (unpaired) electrons. The first kappa shape index (κ1) is 13.4. The van der Waals surface area contributed by atoms with Crippen LogP contribution in [-0.2, 0) is 0 Å². The second kappa shape index (κ2) is 7.58. The van der Waals surface area contributed by atoms with E-state index in [2.05, 4.69) is 43.4 Å². The molecule has 90 valence electrons. The molecule has 0 unspecified atom stereocenters. The molecule has 0 aliphatic heterocycles. The Hall–Kier alpha value is -0.670. The Balaban J connectivity index is 2.33. The van der Waals surface area contributed by atoms with E-state index >= 15 is 0 Å². The standard InChI is InChI=1S/C13H21NOS/c1-11(2)16-13-7-5-12(6-8-13)14-9-3-4-10-15/h5-8,11,14-15H,3-4,9-10H2,1-2H3. The van der Waals surface area contributed by atoms with Gasteiger partial charge in [0.2, 0.25) is 0 Å². The SMILES string of the molecule is CC(C)Sc1ccc(NCCCCO)cc1. The maximum absolute atomic E-state index is 8.65. The molecule has 0 amide bonds. The lowest BCUT2D eigenvalue weighted by molar-refractivity contribution is 0.286. The van der Waals surface area contributed by atoms with Crippen molar-refractivity contribution in [2.45, 2.75) is 36.8 Å². The maximum atomic E-state index is 8.65. The largest absolute Gasteiger partial charge is 0.396 e. The van der Waals surface area contributed by atoms with E-state index in [0.717, 1.165) is 25.1 Å². The van der Waals surface area contributed by atoms with Crippen LogP contribution in [-0.4, -0.2) is 23.5 Å². The van der Waals surface area contributed by atoms with E-state index in [1.54, 1.807) is 0 Å². The number of hydrogen-bond donors (Lipinski definition) is 2. The van der Waals surface area contributed by atoms with E-state index < -0.39 is 0 Å². The number of hydrogen-bond acceptors (Lipinski definition) is 3. The van der Waals surface area contributed by atoms with Crippen LogP contribution < -0.4 is 5.32 Å². The molecule has 0 aliphatic carbocycles. The molecule has 2 N–H and O–H groups in total. The number of nitrogens with one attached hydrogen (secondary N) is 1. The van der Waals surface area contributed by atoms with Crippen molar-refractivity contribution in [3.8, 4) is 0 Å². The van der Waals surface area contributed by atoms with Crippen molar-refractivity contribution >= 4 is 17.4 Å². The highest BCUT2D eigenvalue weighted by atomic mass is 32.2. The molecule has 0 fully saturated rings. The summed E-state index contributed by atoms with van der Waals surface area (Å²) < 4.78 is 0. The Morgan fingerprint density at radius 3 is 2.44 bits per heavy atom. The Kier molecular flexibility index (Phi) is 6.34. The zero-order valence-electron chi connectivity index (χ0n) is 10.1. The molecule has 0 spiro atoms. The quantitative estimate of drug-likeness (QED) is 0.565. The van der Waals surface area contributed by atoms with Crippen LogP contribution in [0.15, 0.2) is 29.2 Å². The summed E-state index contributed by atoms with van der Waals surface area (Å²) in [5, 5.41) is 12.6. The van der Waals surface area contributed by atoms with Gasteiger partial charge in [-0.05, 0) is 37.1 Å². The molecule has 0 saturated carbocycles. The van der Waals surface area contributed by atoms with Crippen molar-refractivity contribution in [3.05, 3.63) is 24.3 Å². The van der Waals surface area contributed by atoms with Gasteiger partial charge in [-0.1, -0.05) is 13.8 Å². The van der Waals surface area contributed by atoms with Crippen LogP contribution >= 0.6 is 11.8 Å². The van der Waals surface area contributed by atoms with E-state index in [1.807, 2.05) is 11.8 Å². The van der Waals surface area contributed by atoms with Gasteiger partial charge in [0.05, 0.1) is 0 Å². The number of aliphatic hydroxyl groups is 1. The zero-order valence-corrected chi connectivity index (χ0v) is 10.9. The first-order valence-electron chi connectivity index (χ1n) is 5.84. The second-order valence-electron chi connectivity index (χ2n) is 4.05. The van der Waals surface area contributed by atoms with Gasteiger partial charge < -0.3 is 10.4 Å². The van der Waals surface area contributed by atoms with Crippen molar-refractivity contribution in [1.29, 1.82) is 0 Å². The molecule has 1 aromatic rings. The van der Waals surface area contributed by atoms with E-state index in [0.29, 0.717) is 5.25 Å². The molecule has 0 heterocycles. The highest BCUT2D eigenvalue weighted by Gasteiger charge is 1.98. The maximum Gasteiger partial charge on any atom is 0.0431 e. The molecular weight excluding hydrogens is 218 g/mol. The van der Waals surface area contributed by atoms with Gasteiger partial charge in [-0.15, -0.1) is 11.8 Å². The van der Waals surface area contributed by atoms with Gasteiger partial charge in [-0.25, -0.2) is 0 Å². The van der Waals surface area contributed by atoms with Crippen molar-refractivity contribution in [2.75, 3.05) is 18.5 Å². The van der Waals surface area contributed by atoms with Crippen LogP contribution in [0.3, 0.4) is 0 Å². The minimum atomic E-state index is 0.283. The average Bonchev–Trinajstić information content (AvgIpc) is 2.26. The van der Waals surface area contributed by atoms with Crippen LogP contribution in [0.1, 0.15) is 26.7 Å². The fourth-order valence-electron chi connectivity index (χ4n) is 1.39. The molecule has 0 aliphatic rings. The molecule has 0 saturated heterocycles. The predicted octanol–water partition coefficient (Wildman–Crippen LogP) is 3.37. The van der Waals surface area contributed by atoms with E-state index in [1.165, 1.54) is 4.90 Å². The number of aliphatic hydroxyl groups excluding tert-OH is 1. The predicted molar refractivity (Wildman–Crippen MR) is 72.2 cm³/mol. The van der Waals surface area contributed by atoms with E-state index in [-0.39, 0.29) is 6.61 Å².